The number of hydrogen-bond donors (Lipinski definition) is 13. The SMILES string of the molecule is NCCCN[C@@H]1C[C@H](O)[C@@H](CN)O[C@@H]1OC1[C@@H](N)C[C@@H](NC(=O)C2(O)CC(N)C2)[C@H](O[C@H]2O[C@H](CO)[C@@H](O)[C@H](N)[C@H]2O)[C@H]1O. The van der Waals surface area contributed by atoms with E-state index in [9.17, 15) is 35.4 Å². The lowest BCUT2D eigenvalue weighted by molar-refractivity contribution is -0.316. The van der Waals surface area contributed by atoms with Gasteiger partial charge in [0.2, 0.25) is 0 Å². The molecule has 1 unspecified atom stereocenters. The van der Waals surface area contributed by atoms with Crippen LogP contribution in [-0.2, 0) is 23.7 Å². The van der Waals surface area contributed by atoms with Crippen LogP contribution in [0.3, 0.4) is 0 Å². The van der Waals surface area contributed by atoms with Gasteiger partial charge in [0.1, 0.15) is 42.2 Å². The number of amides is 1. The van der Waals surface area contributed by atoms with Gasteiger partial charge in [-0.05, 0) is 32.4 Å². The molecular formula is C26H51N7O11. The fourth-order valence-corrected chi connectivity index (χ4v) is 6.36. The average molecular weight is 638 g/mol. The number of ether oxygens (including phenoxy) is 4. The molecule has 0 spiro atoms. The van der Waals surface area contributed by atoms with Gasteiger partial charge in [0.05, 0.1) is 36.9 Å². The van der Waals surface area contributed by atoms with Gasteiger partial charge in [0.15, 0.2) is 12.6 Å². The first-order valence-corrected chi connectivity index (χ1v) is 15.2. The summed E-state index contributed by atoms with van der Waals surface area (Å²) in [5.74, 6) is -0.735. The van der Waals surface area contributed by atoms with Gasteiger partial charge in [-0.25, -0.2) is 0 Å². The van der Waals surface area contributed by atoms with Crippen molar-refractivity contribution in [1.29, 1.82) is 0 Å². The molecule has 0 radical (unpaired) electrons. The second-order valence-electron chi connectivity index (χ2n) is 12.4. The van der Waals surface area contributed by atoms with Crippen LogP contribution in [0, 0.1) is 0 Å². The van der Waals surface area contributed by atoms with E-state index in [1.165, 1.54) is 0 Å². The number of aliphatic hydroxyl groups is 6. The Morgan fingerprint density at radius 3 is 2.16 bits per heavy atom. The van der Waals surface area contributed by atoms with Crippen LogP contribution in [0.25, 0.3) is 0 Å². The van der Waals surface area contributed by atoms with Gasteiger partial charge in [-0.15, -0.1) is 0 Å². The smallest absolute Gasteiger partial charge is 0.252 e. The average Bonchev–Trinajstić information content (AvgIpc) is 2.97. The summed E-state index contributed by atoms with van der Waals surface area (Å²) < 4.78 is 23.8. The first kappa shape index (κ1) is 35.7. The van der Waals surface area contributed by atoms with Crippen LogP contribution in [0.2, 0.25) is 0 Å². The van der Waals surface area contributed by atoms with Crippen LogP contribution in [0.15, 0.2) is 0 Å². The molecule has 14 atom stereocenters. The number of nitrogens with two attached hydrogens (primary N) is 5. The number of hydrogen-bond acceptors (Lipinski definition) is 17. The second-order valence-corrected chi connectivity index (χ2v) is 12.4. The fraction of sp³-hybridized carbons (Fsp3) is 0.962. The van der Waals surface area contributed by atoms with Gasteiger partial charge in [0.25, 0.3) is 5.91 Å². The third-order valence-electron chi connectivity index (χ3n) is 9.06. The van der Waals surface area contributed by atoms with Gasteiger partial charge in [-0.2, -0.15) is 0 Å². The molecule has 18 N–H and O–H groups in total. The van der Waals surface area contributed by atoms with E-state index in [0.717, 1.165) is 0 Å². The number of aliphatic hydroxyl groups excluding tert-OH is 5. The van der Waals surface area contributed by atoms with E-state index < -0.39 is 104 Å². The van der Waals surface area contributed by atoms with Crippen molar-refractivity contribution in [3.05, 3.63) is 0 Å². The largest absolute Gasteiger partial charge is 0.394 e. The molecule has 2 aliphatic carbocycles. The quantitative estimate of drug-likeness (QED) is 0.0883. The second kappa shape index (κ2) is 15.2. The monoisotopic (exact) mass is 637 g/mol. The zero-order valence-electron chi connectivity index (χ0n) is 24.6. The van der Waals surface area contributed by atoms with Crippen LogP contribution in [0.5, 0.6) is 0 Å². The highest BCUT2D eigenvalue weighted by Gasteiger charge is 2.54. The maximum atomic E-state index is 13.1. The minimum absolute atomic E-state index is 0.0112. The molecule has 2 heterocycles. The Morgan fingerprint density at radius 1 is 0.886 bits per heavy atom. The highest BCUT2D eigenvalue weighted by atomic mass is 16.7. The highest BCUT2D eigenvalue weighted by molar-refractivity contribution is 5.86. The third-order valence-corrected chi connectivity index (χ3v) is 9.06. The van der Waals surface area contributed by atoms with E-state index in [4.69, 9.17) is 47.6 Å². The molecule has 2 saturated heterocycles. The molecule has 4 fully saturated rings. The summed E-state index contributed by atoms with van der Waals surface area (Å²) in [6, 6.07) is -4.02. The lowest BCUT2D eigenvalue weighted by Crippen LogP contribution is -2.70. The van der Waals surface area contributed by atoms with Crippen molar-refractivity contribution >= 4 is 5.91 Å². The molecule has 2 saturated carbocycles. The summed E-state index contributed by atoms with van der Waals surface area (Å²) in [5, 5.41) is 69.5. The van der Waals surface area contributed by atoms with Crippen LogP contribution in [-0.4, -0.2) is 160 Å². The Labute approximate surface area is 255 Å². The summed E-state index contributed by atoms with van der Waals surface area (Å²) in [5.41, 5.74) is 27.9. The number of nitrogens with one attached hydrogen (secondary N) is 2. The van der Waals surface area contributed by atoms with E-state index in [1.54, 1.807) is 0 Å². The fourth-order valence-electron chi connectivity index (χ4n) is 6.36. The molecule has 0 aromatic heterocycles. The Kier molecular flexibility index (Phi) is 12.3. The van der Waals surface area contributed by atoms with Crippen molar-refractivity contribution in [2.24, 2.45) is 28.7 Å². The van der Waals surface area contributed by atoms with Crippen molar-refractivity contribution in [3.8, 4) is 0 Å². The van der Waals surface area contributed by atoms with Gasteiger partial charge >= 0.3 is 0 Å². The van der Waals surface area contributed by atoms with Gasteiger partial charge in [0, 0.05) is 31.5 Å². The Morgan fingerprint density at radius 2 is 1.55 bits per heavy atom. The number of carbonyl (C=O) groups is 1. The Bertz CT molecular complexity index is 935. The normalized spacial score (nSPS) is 48.0. The summed E-state index contributed by atoms with van der Waals surface area (Å²) in [4.78, 5) is 13.1. The summed E-state index contributed by atoms with van der Waals surface area (Å²) in [7, 11) is 0. The summed E-state index contributed by atoms with van der Waals surface area (Å²) in [6.07, 6.45) is -11.4. The van der Waals surface area contributed by atoms with E-state index >= 15 is 0 Å². The molecule has 18 nitrogen and oxygen atoms in total. The molecule has 0 aromatic rings. The van der Waals surface area contributed by atoms with E-state index in [-0.39, 0.29) is 38.3 Å². The molecule has 44 heavy (non-hydrogen) atoms. The molecular weight excluding hydrogens is 586 g/mol. The van der Waals surface area contributed by atoms with Crippen molar-refractivity contribution in [2.75, 3.05) is 26.2 Å². The third kappa shape index (κ3) is 7.68. The number of rotatable bonds is 12. The predicted molar refractivity (Wildman–Crippen MR) is 152 cm³/mol. The Balaban J connectivity index is 1.56. The lowest BCUT2D eigenvalue weighted by Gasteiger charge is -2.49. The zero-order valence-corrected chi connectivity index (χ0v) is 24.6. The first-order chi connectivity index (χ1) is 20.8. The number of carbonyl (C=O) groups excluding carboxylic acids is 1. The summed E-state index contributed by atoms with van der Waals surface area (Å²) >= 11 is 0. The van der Waals surface area contributed by atoms with Crippen molar-refractivity contribution in [1.82, 2.24) is 10.6 Å². The molecule has 4 aliphatic rings. The topological polar surface area (TPSA) is 330 Å². The van der Waals surface area contributed by atoms with Gasteiger partial charge < -0.3 is 88.9 Å². The minimum Gasteiger partial charge on any atom is -0.394 e. The van der Waals surface area contributed by atoms with E-state index in [1.807, 2.05) is 0 Å². The Hall–Kier alpha value is -1.17. The van der Waals surface area contributed by atoms with E-state index in [0.29, 0.717) is 19.5 Å². The van der Waals surface area contributed by atoms with Gasteiger partial charge in [-0.3, -0.25) is 4.79 Å². The lowest BCUT2D eigenvalue weighted by atomic mass is 9.75. The van der Waals surface area contributed by atoms with Crippen molar-refractivity contribution < 1.29 is 54.4 Å². The molecule has 4 rings (SSSR count). The van der Waals surface area contributed by atoms with Gasteiger partial charge in [-0.1, -0.05) is 0 Å². The molecule has 0 bridgehead atoms. The standard InChI is InChI=1S/C26H51N7O11/c27-2-1-3-32-13-5-14(35)15(8-28)41-23(13)43-21-11(30)4-12(33-25(39)26(40)6-10(29)7-26)22(20(21)38)44-24-19(37)17(31)18(36)16(9-34)42-24/h10-24,32,34-38,40H,1-9,27-31H2,(H,33,39)/t10?,11-,12+,13+,14-,15+,16+,17-,18+,19+,20-,21?,22-,23+,24+,26?/m0/s1. The molecule has 0 aromatic carbocycles. The van der Waals surface area contributed by atoms with Crippen LogP contribution < -0.4 is 39.3 Å². The predicted octanol–water partition coefficient (Wildman–Crippen LogP) is -7.31. The van der Waals surface area contributed by atoms with Crippen LogP contribution >= 0.6 is 0 Å². The van der Waals surface area contributed by atoms with Crippen molar-refractivity contribution in [2.45, 2.75) is 129 Å². The molecule has 18 heteroatoms. The van der Waals surface area contributed by atoms with Crippen molar-refractivity contribution in [3.63, 3.8) is 0 Å². The molecule has 256 valence electrons. The zero-order chi connectivity index (χ0) is 32.3. The van der Waals surface area contributed by atoms with Crippen LogP contribution in [0.1, 0.15) is 32.1 Å². The molecule has 2 aliphatic heterocycles. The summed E-state index contributed by atoms with van der Waals surface area (Å²) in [6.45, 7) is 0.319. The molecule has 1 amide bonds. The maximum absolute atomic E-state index is 13.1. The first-order valence-electron chi connectivity index (χ1n) is 15.2. The van der Waals surface area contributed by atoms with Crippen LogP contribution in [0.4, 0.5) is 0 Å². The highest BCUT2D eigenvalue weighted by Crippen LogP contribution is 2.34. The van der Waals surface area contributed by atoms with E-state index in [2.05, 4.69) is 10.6 Å². The minimum atomic E-state index is -1.71. The maximum Gasteiger partial charge on any atom is 0.252 e.